The van der Waals surface area contributed by atoms with Crippen LogP contribution in [0, 0.1) is 0 Å². The summed E-state index contributed by atoms with van der Waals surface area (Å²) in [5.74, 6) is 0.626. The molecule has 1 atom stereocenters. The minimum atomic E-state index is -0.481. The molecular formula is C27H31N3O4. The second-order valence-electron chi connectivity index (χ2n) is 9.25. The number of rotatable bonds is 6. The highest BCUT2D eigenvalue weighted by Gasteiger charge is 2.38. The van der Waals surface area contributed by atoms with Crippen molar-refractivity contribution in [2.24, 2.45) is 0 Å². The first-order valence-electron chi connectivity index (χ1n) is 11.9. The zero-order valence-electron chi connectivity index (χ0n) is 19.4. The zero-order valence-corrected chi connectivity index (χ0v) is 19.4. The van der Waals surface area contributed by atoms with E-state index >= 15 is 0 Å². The van der Waals surface area contributed by atoms with Crippen molar-refractivity contribution in [3.63, 3.8) is 0 Å². The zero-order chi connectivity index (χ0) is 23.5. The second-order valence-corrected chi connectivity index (χ2v) is 9.25. The van der Waals surface area contributed by atoms with Crippen molar-refractivity contribution in [3.8, 4) is 5.75 Å². The molecule has 0 unspecified atom stereocenters. The van der Waals surface area contributed by atoms with E-state index in [2.05, 4.69) is 41.1 Å². The number of morpholine rings is 1. The molecule has 3 aliphatic rings. The smallest absolute Gasteiger partial charge is 0.255 e. The van der Waals surface area contributed by atoms with Crippen molar-refractivity contribution in [1.82, 2.24) is 15.1 Å². The lowest BCUT2D eigenvalue weighted by molar-refractivity contribution is -0.122. The summed E-state index contributed by atoms with van der Waals surface area (Å²) < 4.78 is 11.6. The van der Waals surface area contributed by atoms with E-state index in [-0.39, 0.29) is 11.7 Å². The van der Waals surface area contributed by atoms with E-state index in [1.165, 1.54) is 5.56 Å². The number of Topliss-reactive ketones (excluding diaryl/α,β-unsaturated/α-hetero) is 1. The largest absolute Gasteiger partial charge is 0.489 e. The molecule has 2 saturated heterocycles. The van der Waals surface area contributed by atoms with E-state index in [1.807, 2.05) is 18.2 Å². The Morgan fingerprint density at radius 3 is 2.62 bits per heavy atom. The SMILES string of the molecule is C=C1CNC[C@H](N2Cc3c(OCc4ccc(CN5CCOCC5)cc4)cccc3C2=O)C(=O)C1. The third-order valence-electron chi connectivity index (χ3n) is 6.76. The van der Waals surface area contributed by atoms with Crippen LogP contribution in [0.15, 0.2) is 54.6 Å². The number of fused-ring (bicyclic) bond motifs is 1. The molecule has 1 amide bonds. The molecule has 3 aliphatic heterocycles. The molecule has 2 fully saturated rings. The van der Waals surface area contributed by atoms with Gasteiger partial charge in [0, 0.05) is 50.3 Å². The van der Waals surface area contributed by atoms with Crippen molar-refractivity contribution in [1.29, 1.82) is 0 Å². The molecule has 2 aromatic rings. The number of ketones is 1. The van der Waals surface area contributed by atoms with Crippen LogP contribution in [0.3, 0.4) is 0 Å². The Morgan fingerprint density at radius 1 is 1.06 bits per heavy atom. The summed E-state index contributed by atoms with van der Waals surface area (Å²) in [6, 6.07) is 13.6. The molecule has 3 heterocycles. The van der Waals surface area contributed by atoms with Gasteiger partial charge >= 0.3 is 0 Å². The normalized spacial score (nSPS) is 21.5. The van der Waals surface area contributed by atoms with Gasteiger partial charge in [0.1, 0.15) is 18.4 Å². The predicted octanol–water partition coefficient (Wildman–Crippen LogP) is 2.54. The van der Waals surface area contributed by atoms with Gasteiger partial charge in [0.25, 0.3) is 5.91 Å². The van der Waals surface area contributed by atoms with Crippen LogP contribution in [0.4, 0.5) is 0 Å². The highest BCUT2D eigenvalue weighted by atomic mass is 16.5. The van der Waals surface area contributed by atoms with Gasteiger partial charge < -0.3 is 19.7 Å². The van der Waals surface area contributed by atoms with E-state index in [1.54, 1.807) is 4.90 Å². The van der Waals surface area contributed by atoms with Crippen molar-refractivity contribution >= 4 is 11.7 Å². The van der Waals surface area contributed by atoms with Crippen LogP contribution < -0.4 is 10.1 Å². The molecule has 0 saturated carbocycles. The maximum atomic E-state index is 13.1. The summed E-state index contributed by atoms with van der Waals surface area (Å²) in [4.78, 5) is 29.9. The van der Waals surface area contributed by atoms with Gasteiger partial charge in [0.2, 0.25) is 0 Å². The summed E-state index contributed by atoms with van der Waals surface area (Å²) in [6.45, 7) is 10.3. The fourth-order valence-corrected chi connectivity index (χ4v) is 4.84. The molecule has 0 spiro atoms. The van der Waals surface area contributed by atoms with Gasteiger partial charge in [0.05, 0.1) is 19.8 Å². The molecule has 0 radical (unpaired) electrons. The Morgan fingerprint density at radius 2 is 1.82 bits per heavy atom. The van der Waals surface area contributed by atoms with Gasteiger partial charge in [-0.05, 0) is 23.3 Å². The first kappa shape index (κ1) is 22.8. The molecule has 0 aliphatic carbocycles. The minimum Gasteiger partial charge on any atom is -0.489 e. The Balaban J connectivity index is 1.24. The standard InChI is InChI=1S/C27H31N3O4/c1-19-13-25(31)24(15-28-14-19)30-17-23-22(27(30)32)3-2-4-26(23)34-18-21-7-5-20(6-8-21)16-29-9-11-33-12-10-29/h2-8,24,28H,1,9-18H2/t24-/m0/s1. The first-order chi connectivity index (χ1) is 16.6. The topological polar surface area (TPSA) is 71.1 Å². The lowest BCUT2D eigenvalue weighted by Gasteiger charge is -2.26. The summed E-state index contributed by atoms with van der Waals surface area (Å²) in [7, 11) is 0. The second kappa shape index (κ2) is 10.1. The minimum absolute atomic E-state index is 0.0378. The lowest BCUT2D eigenvalue weighted by Crippen LogP contribution is -2.46. The summed E-state index contributed by atoms with van der Waals surface area (Å²) in [5, 5.41) is 3.24. The number of nitrogens with one attached hydrogen (secondary N) is 1. The number of hydrogen-bond acceptors (Lipinski definition) is 6. The molecule has 7 heteroatoms. The molecule has 1 N–H and O–H groups in total. The van der Waals surface area contributed by atoms with Crippen LogP contribution in [0.5, 0.6) is 5.75 Å². The van der Waals surface area contributed by atoms with E-state index in [0.717, 1.165) is 49.5 Å². The Kier molecular flexibility index (Phi) is 6.76. The number of carbonyl (C=O) groups excluding carboxylic acids is 2. The molecule has 0 bridgehead atoms. The highest BCUT2D eigenvalue weighted by Crippen LogP contribution is 2.33. The van der Waals surface area contributed by atoms with E-state index in [4.69, 9.17) is 9.47 Å². The highest BCUT2D eigenvalue weighted by molar-refractivity contribution is 6.02. The van der Waals surface area contributed by atoms with Crippen LogP contribution in [-0.4, -0.2) is 66.9 Å². The van der Waals surface area contributed by atoms with Crippen molar-refractivity contribution < 1.29 is 19.1 Å². The molecular weight excluding hydrogens is 430 g/mol. The van der Waals surface area contributed by atoms with Gasteiger partial charge in [-0.25, -0.2) is 0 Å². The molecule has 34 heavy (non-hydrogen) atoms. The van der Waals surface area contributed by atoms with E-state index < -0.39 is 6.04 Å². The lowest BCUT2D eigenvalue weighted by atomic mass is 10.1. The quantitative estimate of drug-likeness (QED) is 0.667. The van der Waals surface area contributed by atoms with Gasteiger partial charge in [-0.1, -0.05) is 42.5 Å². The van der Waals surface area contributed by atoms with Crippen LogP contribution in [0.1, 0.15) is 33.5 Å². The summed E-state index contributed by atoms with van der Waals surface area (Å²) in [5.41, 5.74) is 4.68. The van der Waals surface area contributed by atoms with Crippen LogP contribution in [-0.2, 0) is 29.2 Å². The maximum absolute atomic E-state index is 13.1. The van der Waals surface area contributed by atoms with Crippen molar-refractivity contribution in [2.75, 3.05) is 39.4 Å². The number of carbonyl (C=O) groups is 2. The molecule has 5 rings (SSSR count). The van der Waals surface area contributed by atoms with Gasteiger partial charge in [-0.3, -0.25) is 14.5 Å². The number of benzene rings is 2. The van der Waals surface area contributed by atoms with Gasteiger partial charge in [0.15, 0.2) is 5.78 Å². The first-order valence-corrected chi connectivity index (χ1v) is 11.9. The monoisotopic (exact) mass is 461 g/mol. The third-order valence-corrected chi connectivity index (χ3v) is 6.76. The predicted molar refractivity (Wildman–Crippen MR) is 129 cm³/mol. The molecule has 0 aromatic heterocycles. The van der Waals surface area contributed by atoms with Gasteiger partial charge in [-0.15, -0.1) is 0 Å². The number of ether oxygens (including phenoxy) is 2. The average molecular weight is 462 g/mol. The van der Waals surface area contributed by atoms with Crippen molar-refractivity contribution in [2.45, 2.75) is 32.2 Å². The Hall–Kier alpha value is -3.00. The fourth-order valence-electron chi connectivity index (χ4n) is 4.84. The summed E-state index contributed by atoms with van der Waals surface area (Å²) >= 11 is 0. The molecule has 2 aromatic carbocycles. The van der Waals surface area contributed by atoms with Crippen LogP contribution in [0.25, 0.3) is 0 Å². The number of nitrogens with zero attached hydrogens (tertiary/aromatic N) is 2. The van der Waals surface area contributed by atoms with Crippen LogP contribution >= 0.6 is 0 Å². The average Bonchev–Trinajstić information content (AvgIpc) is 3.08. The maximum Gasteiger partial charge on any atom is 0.255 e. The van der Waals surface area contributed by atoms with E-state index in [9.17, 15) is 9.59 Å². The van der Waals surface area contributed by atoms with Crippen LogP contribution in [0.2, 0.25) is 0 Å². The molecule has 7 nitrogen and oxygen atoms in total. The van der Waals surface area contributed by atoms with Gasteiger partial charge in [-0.2, -0.15) is 0 Å². The van der Waals surface area contributed by atoms with Crippen molar-refractivity contribution in [3.05, 3.63) is 76.9 Å². The number of hydrogen-bond donors (Lipinski definition) is 1. The fraction of sp³-hybridized carbons (Fsp3) is 0.407. The Bertz CT molecular complexity index is 1080. The molecule has 178 valence electrons. The number of amides is 1. The van der Waals surface area contributed by atoms with E-state index in [0.29, 0.717) is 44.0 Å². The Labute approximate surface area is 200 Å². The third kappa shape index (κ3) is 4.92. The summed E-state index contributed by atoms with van der Waals surface area (Å²) in [6.07, 6.45) is 0.308.